The molecule has 3 aromatic rings. The Labute approximate surface area is 224 Å². The van der Waals surface area contributed by atoms with Gasteiger partial charge in [-0.2, -0.15) is 5.10 Å². The number of aromatic nitrogens is 1. The number of fused-ring (bicyclic) bond motifs is 1. The Kier molecular flexibility index (Phi) is 6.83. The van der Waals surface area contributed by atoms with Crippen LogP contribution in [0.25, 0.3) is 11.3 Å². The largest absolute Gasteiger partial charge is 0.493 e. The second-order valence-electron chi connectivity index (χ2n) is 9.98. The number of nitro benzene ring substituents is 1. The van der Waals surface area contributed by atoms with E-state index in [1.54, 1.807) is 44.2 Å². The van der Waals surface area contributed by atoms with Gasteiger partial charge in [0.1, 0.15) is 5.69 Å². The van der Waals surface area contributed by atoms with Gasteiger partial charge in [-0.15, -0.1) is 11.3 Å². The van der Waals surface area contributed by atoms with Crippen LogP contribution < -0.4 is 19.0 Å². The Balaban J connectivity index is 1.67. The predicted octanol–water partition coefficient (Wildman–Crippen LogP) is 6.21. The second kappa shape index (κ2) is 10.1. The highest BCUT2D eigenvalue weighted by molar-refractivity contribution is 7.07. The number of hydrogen-bond donors (Lipinski definition) is 0. The van der Waals surface area contributed by atoms with Crippen molar-refractivity contribution in [2.75, 3.05) is 21.3 Å². The highest BCUT2D eigenvalue weighted by Crippen LogP contribution is 2.58. The van der Waals surface area contributed by atoms with Gasteiger partial charge in [-0.1, -0.05) is 32.1 Å². The van der Waals surface area contributed by atoms with Crippen LogP contribution >= 0.6 is 11.3 Å². The van der Waals surface area contributed by atoms with Crippen molar-refractivity contribution in [3.63, 3.8) is 0 Å². The fourth-order valence-electron chi connectivity index (χ4n) is 5.40. The lowest BCUT2D eigenvalue weighted by Gasteiger charge is -2.55. The minimum atomic E-state index is -0.428. The Bertz CT molecular complexity index is 1490. The number of hydrogen-bond acceptors (Lipinski definition) is 8. The van der Waals surface area contributed by atoms with Crippen LogP contribution in [-0.4, -0.2) is 37.1 Å². The number of methoxy groups -OCH3 is 3. The number of thiazole rings is 1. The molecule has 1 fully saturated rings. The molecule has 0 aliphatic heterocycles. The first-order valence-electron chi connectivity index (χ1n) is 12.3. The van der Waals surface area contributed by atoms with Crippen molar-refractivity contribution >= 4 is 28.9 Å². The number of para-hydroxylation sites is 2. The van der Waals surface area contributed by atoms with Crippen LogP contribution in [0.4, 0.5) is 11.4 Å². The van der Waals surface area contributed by atoms with Gasteiger partial charge in [0.15, 0.2) is 11.5 Å². The average Bonchev–Trinajstić information content (AvgIpc) is 3.33. The van der Waals surface area contributed by atoms with Crippen molar-refractivity contribution in [2.45, 2.75) is 26.7 Å². The lowest BCUT2D eigenvalue weighted by atomic mass is 9.49. The molecule has 3 aliphatic rings. The molecule has 0 spiro atoms. The summed E-state index contributed by atoms with van der Waals surface area (Å²) in [5, 5.41) is 18.4. The van der Waals surface area contributed by atoms with Gasteiger partial charge < -0.3 is 14.2 Å². The van der Waals surface area contributed by atoms with Crippen LogP contribution in [0, 0.1) is 27.4 Å². The Morgan fingerprint density at radius 1 is 1.13 bits per heavy atom. The van der Waals surface area contributed by atoms with Crippen molar-refractivity contribution in [1.82, 2.24) is 4.68 Å². The maximum Gasteiger partial charge on any atom is 0.294 e. The molecule has 2 unspecified atom stereocenters. The van der Waals surface area contributed by atoms with Crippen molar-refractivity contribution in [3.8, 4) is 28.5 Å². The Morgan fingerprint density at radius 3 is 2.45 bits per heavy atom. The zero-order chi connectivity index (χ0) is 27.0. The SMILES string of the molecule is COc1cc(-c2csc(=Nc3ccccc3[N+](=O)[O-])n2N=CC2=CCC3CC2C3(C)C)cc(OC)c1OC. The quantitative estimate of drug-likeness (QED) is 0.194. The summed E-state index contributed by atoms with van der Waals surface area (Å²) in [5.74, 6) is 2.70. The summed E-state index contributed by atoms with van der Waals surface area (Å²) in [6.07, 6.45) is 6.41. The van der Waals surface area contributed by atoms with E-state index in [2.05, 4.69) is 24.9 Å². The maximum absolute atomic E-state index is 11.6. The molecule has 0 N–H and O–H groups in total. The summed E-state index contributed by atoms with van der Waals surface area (Å²) in [6.45, 7) is 4.64. The van der Waals surface area contributed by atoms with Gasteiger partial charge in [-0.3, -0.25) is 10.1 Å². The summed E-state index contributed by atoms with van der Waals surface area (Å²) in [5.41, 5.74) is 3.18. The molecule has 2 bridgehead atoms. The molecular formula is C28H30N4O5S. The standard InChI is InChI=1S/C28H30N4O5S/c1-28(2)19-11-10-17(20(28)14-19)15-29-31-23(18-12-24(35-3)26(37-5)25(13-18)36-4)16-38-27(31)30-21-8-6-7-9-22(21)32(33)34/h6-10,12-13,15-16,19-20H,11,14H2,1-5H3. The number of ether oxygens (including phenoxy) is 3. The van der Waals surface area contributed by atoms with Crippen LogP contribution in [0.2, 0.25) is 0 Å². The summed E-state index contributed by atoms with van der Waals surface area (Å²) in [4.78, 5) is 16.4. The van der Waals surface area contributed by atoms with Crippen LogP contribution in [0.15, 0.2) is 63.5 Å². The van der Waals surface area contributed by atoms with E-state index < -0.39 is 4.92 Å². The van der Waals surface area contributed by atoms with Gasteiger partial charge in [0.25, 0.3) is 5.69 Å². The third kappa shape index (κ3) is 4.38. The maximum atomic E-state index is 11.6. The molecule has 0 radical (unpaired) electrons. The van der Waals surface area contributed by atoms with Gasteiger partial charge in [0, 0.05) is 17.0 Å². The third-order valence-electron chi connectivity index (χ3n) is 7.77. The highest BCUT2D eigenvalue weighted by Gasteiger charge is 2.50. The zero-order valence-corrected chi connectivity index (χ0v) is 22.8. The molecule has 0 amide bonds. The van der Waals surface area contributed by atoms with Gasteiger partial charge >= 0.3 is 0 Å². The fourth-order valence-corrected chi connectivity index (χ4v) is 6.25. The first kappa shape index (κ1) is 25.7. The first-order chi connectivity index (χ1) is 18.3. The van der Waals surface area contributed by atoms with E-state index in [9.17, 15) is 10.1 Å². The molecule has 1 aromatic heterocycles. The molecule has 3 aliphatic carbocycles. The van der Waals surface area contributed by atoms with E-state index in [1.165, 1.54) is 29.4 Å². The number of nitrogens with zero attached hydrogens (tertiary/aromatic N) is 4. The van der Waals surface area contributed by atoms with Crippen LogP contribution in [0.5, 0.6) is 17.2 Å². The minimum Gasteiger partial charge on any atom is -0.493 e. The molecule has 9 nitrogen and oxygen atoms in total. The molecule has 6 rings (SSSR count). The zero-order valence-electron chi connectivity index (χ0n) is 22.0. The third-order valence-corrected chi connectivity index (χ3v) is 8.59. The molecule has 0 saturated heterocycles. The van der Waals surface area contributed by atoms with Gasteiger partial charge in [-0.25, -0.2) is 9.67 Å². The summed E-state index contributed by atoms with van der Waals surface area (Å²) >= 11 is 1.35. The predicted molar refractivity (Wildman–Crippen MR) is 148 cm³/mol. The molecule has 1 saturated carbocycles. The van der Waals surface area contributed by atoms with E-state index in [0.29, 0.717) is 28.0 Å². The lowest BCUT2D eigenvalue weighted by molar-refractivity contribution is -0.384. The normalized spacial score (nSPS) is 20.1. The summed E-state index contributed by atoms with van der Waals surface area (Å²) < 4.78 is 18.3. The molecule has 38 heavy (non-hydrogen) atoms. The second-order valence-corrected chi connectivity index (χ2v) is 10.8. The van der Waals surface area contributed by atoms with E-state index in [4.69, 9.17) is 19.3 Å². The number of allylic oxidation sites excluding steroid dienone is 2. The Hall–Kier alpha value is -3.92. The summed E-state index contributed by atoms with van der Waals surface area (Å²) in [7, 11) is 4.70. The van der Waals surface area contributed by atoms with Crippen LogP contribution in [-0.2, 0) is 0 Å². The molecule has 2 atom stereocenters. The Morgan fingerprint density at radius 2 is 1.84 bits per heavy atom. The highest BCUT2D eigenvalue weighted by atomic mass is 32.1. The van der Waals surface area contributed by atoms with Gasteiger partial charge in [0.05, 0.1) is 38.2 Å². The molecule has 1 heterocycles. The van der Waals surface area contributed by atoms with Crippen molar-refractivity contribution < 1.29 is 19.1 Å². The molecule has 10 heteroatoms. The number of rotatable bonds is 8. The van der Waals surface area contributed by atoms with Crippen molar-refractivity contribution in [1.29, 1.82) is 0 Å². The van der Waals surface area contributed by atoms with Crippen molar-refractivity contribution in [2.24, 2.45) is 27.3 Å². The summed E-state index contributed by atoms with van der Waals surface area (Å²) in [6, 6.07) is 10.1. The smallest absolute Gasteiger partial charge is 0.294 e. The average molecular weight is 535 g/mol. The van der Waals surface area contributed by atoms with E-state index in [1.807, 2.05) is 23.7 Å². The first-order valence-corrected chi connectivity index (χ1v) is 13.2. The monoisotopic (exact) mass is 534 g/mol. The number of benzene rings is 2. The van der Waals surface area contributed by atoms with E-state index in [0.717, 1.165) is 23.6 Å². The molecular weight excluding hydrogens is 504 g/mol. The topological polar surface area (TPSA) is 100 Å². The van der Waals surface area contributed by atoms with Crippen LogP contribution in [0.1, 0.15) is 26.7 Å². The fraction of sp³-hybridized carbons (Fsp3) is 0.357. The van der Waals surface area contributed by atoms with E-state index >= 15 is 0 Å². The van der Waals surface area contributed by atoms with E-state index in [-0.39, 0.29) is 16.8 Å². The molecule has 2 aromatic carbocycles. The minimum absolute atomic E-state index is 0.0667. The van der Waals surface area contributed by atoms with Crippen LogP contribution in [0.3, 0.4) is 0 Å². The van der Waals surface area contributed by atoms with Gasteiger partial charge in [0.2, 0.25) is 10.6 Å². The van der Waals surface area contributed by atoms with Gasteiger partial charge in [-0.05, 0) is 53.9 Å². The molecule has 198 valence electrons. The number of nitro groups is 1. The van der Waals surface area contributed by atoms with Crippen molar-refractivity contribution in [3.05, 3.63) is 68.3 Å². The lowest BCUT2D eigenvalue weighted by Crippen LogP contribution is -2.48.